The topological polar surface area (TPSA) is 45.2 Å². The highest BCUT2D eigenvalue weighted by molar-refractivity contribution is 7.09. The Hall–Kier alpha value is -2.23. The fraction of sp³-hybridized carbons (Fsp3) is 0.350. The Bertz CT molecular complexity index is 1000. The zero-order valence-corrected chi connectivity index (χ0v) is 17.5. The minimum atomic E-state index is -4.30. The largest absolute Gasteiger partial charge is 0.416 e. The van der Waals surface area contributed by atoms with E-state index in [4.69, 9.17) is 11.6 Å². The molecule has 1 fully saturated rings. The lowest BCUT2D eigenvalue weighted by atomic mass is 10.1. The number of aromatic nitrogens is 3. The van der Waals surface area contributed by atoms with Crippen LogP contribution in [-0.4, -0.2) is 52.0 Å². The molecule has 0 spiro atoms. The molecule has 0 saturated carbocycles. The van der Waals surface area contributed by atoms with Crippen molar-refractivity contribution in [3.8, 4) is 11.4 Å². The highest BCUT2D eigenvalue weighted by atomic mass is 35.5. The number of benzene rings is 1. The lowest BCUT2D eigenvalue weighted by Crippen LogP contribution is -2.47. The Morgan fingerprint density at radius 2 is 1.87 bits per heavy atom. The Morgan fingerprint density at radius 3 is 2.60 bits per heavy atom. The Balaban J connectivity index is 1.30. The molecule has 3 aromatic rings. The van der Waals surface area contributed by atoms with Crippen molar-refractivity contribution < 1.29 is 13.2 Å². The molecular weight excluding hydrogens is 435 g/mol. The maximum absolute atomic E-state index is 12.9. The molecule has 4 rings (SSSR count). The summed E-state index contributed by atoms with van der Waals surface area (Å²) in [5.41, 5.74) is 0.896. The van der Waals surface area contributed by atoms with E-state index >= 15 is 0 Å². The van der Waals surface area contributed by atoms with Crippen LogP contribution >= 0.6 is 23.1 Å². The van der Waals surface area contributed by atoms with Crippen molar-refractivity contribution in [2.75, 3.05) is 37.6 Å². The second-order valence-electron chi connectivity index (χ2n) is 7.07. The molecule has 0 N–H and O–H groups in total. The number of piperazine rings is 1. The van der Waals surface area contributed by atoms with Gasteiger partial charge in [-0.2, -0.15) is 22.5 Å². The summed E-state index contributed by atoms with van der Waals surface area (Å²) < 4.78 is 43.0. The van der Waals surface area contributed by atoms with Gasteiger partial charge in [0.15, 0.2) is 5.82 Å². The molecule has 2 aromatic heterocycles. The Morgan fingerprint density at radius 1 is 1.07 bits per heavy atom. The van der Waals surface area contributed by atoms with Gasteiger partial charge < -0.3 is 4.90 Å². The molecule has 0 radical (unpaired) electrons. The van der Waals surface area contributed by atoms with Crippen LogP contribution in [0.15, 0.2) is 42.7 Å². The predicted octanol–water partition coefficient (Wildman–Crippen LogP) is 4.64. The first-order chi connectivity index (χ1) is 14.4. The lowest BCUT2D eigenvalue weighted by Gasteiger charge is -2.34. The van der Waals surface area contributed by atoms with Crippen LogP contribution in [0.5, 0.6) is 0 Å². The zero-order chi connectivity index (χ0) is 21.1. The van der Waals surface area contributed by atoms with Gasteiger partial charge in [-0.15, -0.1) is 0 Å². The second-order valence-corrected chi connectivity index (χ2v) is 8.24. The van der Waals surface area contributed by atoms with Gasteiger partial charge in [0.05, 0.1) is 10.6 Å². The minimum Gasteiger partial charge on any atom is -0.344 e. The first kappa shape index (κ1) is 21.0. The average molecular weight is 454 g/mol. The molecule has 1 aromatic carbocycles. The van der Waals surface area contributed by atoms with E-state index < -0.39 is 11.7 Å². The lowest BCUT2D eigenvalue weighted by molar-refractivity contribution is -0.137. The third kappa shape index (κ3) is 5.08. The van der Waals surface area contributed by atoms with Gasteiger partial charge in [-0.1, -0.05) is 29.8 Å². The van der Waals surface area contributed by atoms with E-state index in [1.54, 1.807) is 24.5 Å². The van der Waals surface area contributed by atoms with Crippen molar-refractivity contribution in [3.05, 3.63) is 58.9 Å². The molecule has 1 aliphatic rings. The van der Waals surface area contributed by atoms with Crippen molar-refractivity contribution in [2.24, 2.45) is 0 Å². The van der Waals surface area contributed by atoms with E-state index in [2.05, 4.69) is 24.1 Å². The van der Waals surface area contributed by atoms with E-state index in [0.29, 0.717) is 22.8 Å². The van der Waals surface area contributed by atoms with E-state index in [-0.39, 0.29) is 0 Å². The van der Waals surface area contributed by atoms with Gasteiger partial charge in [-0.3, -0.25) is 9.88 Å². The quantitative estimate of drug-likeness (QED) is 0.563. The van der Waals surface area contributed by atoms with Gasteiger partial charge >= 0.3 is 6.18 Å². The third-order valence-corrected chi connectivity index (χ3v) is 5.98. The van der Waals surface area contributed by atoms with Crippen molar-refractivity contribution in [1.82, 2.24) is 19.2 Å². The molecule has 30 heavy (non-hydrogen) atoms. The first-order valence-electron chi connectivity index (χ1n) is 9.46. The number of halogens is 4. The summed E-state index contributed by atoms with van der Waals surface area (Å²) in [6.07, 6.45) is -0.460. The van der Waals surface area contributed by atoms with E-state index in [1.165, 1.54) is 23.7 Å². The highest BCUT2D eigenvalue weighted by Gasteiger charge is 2.30. The molecule has 0 bridgehead atoms. The summed E-state index contributed by atoms with van der Waals surface area (Å²) in [5, 5.41) is 1.39. The Labute approximate surface area is 181 Å². The van der Waals surface area contributed by atoms with E-state index in [0.717, 1.165) is 49.5 Å². The fourth-order valence-corrected chi connectivity index (χ4v) is 4.26. The molecular formula is C20H19ClF3N5S. The van der Waals surface area contributed by atoms with Crippen molar-refractivity contribution in [3.63, 3.8) is 0 Å². The van der Waals surface area contributed by atoms with Crippen LogP contribution in [0.1, 0.15) is 11.1 Å². The SMILES string of the molecule is FC(F)(F)c1cccc(CCN2CCN(c3nc(-c4cncc(Cl)c4)ns3)CC2)c1. The molecule has 3 heterocycles. The first-order valence-corrected chi connectivity index (χ1v) is 10.6. The number of nitrogens with zero attached hydrogens (tertiary/aromatic N) is 5. The van der Waals surface area contributed by atoms with Crippen LogP contribution in [0.25, 0.3) is 11.4 Å². The number of hydrogen-bond donors (Lipinski definition) is 0. The number of anilines is 1. The van der Waals surface area contributed by atoms with Gasteiger partial charge in [-0.25, -0.2) is 0 Å². The normalized spacial score (nSPS) is 15.5. The molecule has 1 saturated heterocycles. The van der Waals surface area contributed by atoms with Crippen LogP contribution in [-0.2, 0) is 12.6 Å². The van der Waals surface area contributed by atoms with Crippen LogP contribution in [0.2, 0.25) is 5.02 Å². The minimum absolute atomic E-state index is 0.540. The summed E-state index contributed by atoms with van der Waals surface area (Å²) in [4.78, 5) is 13.1. The summed E-state index contributed by atoms with van der Waals surface area (Å²) >= 11 is 7.33. The maximum Gasteiger partial charge on any atom is 0.416 e. The fourth-order valence-electron chi connectivity index (χ4n) is 3.35. The van der Waals surface area contributed by atoms with E-state index in [9.17, 15) is 13.2 Å². The van der Waals surface area contributed by atoms with Gasteiger partial charge in [0, 0.05) is 62.2 Å². The van der Waals surface area contributed by atoms with Gasteiger partial charge in [0.1, 0.15) is 0 Å². The molecule has 0 unspecified atom stereocenters. The zero-order valence-electron chi connectivity index (χ0n) is 15.9. The summed E-state index contributed by atoms with van der Waals surface area (Å²) in [6.45, 7) is 3.97. The summed E-state index contributed by atoms with van der Waals surface area (Å²) in [6, 6.07) is 7.35. The number of pyridine rings is 1. The average Bonchev–Trinajstić information content (AvgIpc) is 3.23. The monoisotopic (exact) mass is 453 g/mol. The van der Waals surface area contributed by atoms with Gasteiger partial charge in [0.25, 0.3) is 0 Å². The van der Waals surface area contributed by atoms with Crippen molar-refractivity contribution in [2.45, 2.75) is 12.6 Å². The number of alkyl halides is 3. The number of hydrogen-bond acceptors (Lipinski definition) is 6. The van der Waals surface area contributed by atoms with Gasteiger partial charge in [-0.05, 0) is 24.1 Å². The predicted molar refractivity (Wildman–Crippen MR) is 112 cm³/mol. The van der Waals surface area contributed by atoms with Gasteiger partial charge in [0.2, 0.25) is 5.13 Å². The highest BCUT2D eigenvalue weighted by Crippen LogP contribution is 2.30. The van der Waals surface area contributed by atoms with Crippen LogP contribution in [0.4, 0.5) is 18.3 Å². The summed E-state index contributed by atoms with van der Waals surface area (Å²) in [5.74, 6) is 0.608. The summed E-state index contributed by atoms with van der Waals surface area (Å²) in [7, 11) is 0. The molecule has 1 aliphatic heterocycles. The third-order valence-electron chi connectivity index (χ3n) is 4.99. The molecule has 158 valence electrons. The van der Waals surface area contributed by atoms with Crippen molar-refractivity contribution in [1.29, 1.82) is 0 Å². The molecule has 0 amide bonds. The molecule has 5 nitrogen and oxygen atoms in total. The van der Waals surface area contributed by atoms with Crippen LogP contribution in [0.3, 0.4) is 0 Å². The standard InChI is InChI=1S/C20H19ClF3N5S/c21-17-11-15(12-25-13-17)18-26-19(30-27-18)29-8-6-28(7-9-29)5-4-14-2-1-3-16(10-14)20(22,23)24/h1-3,10-13H,4-9H2. The smallest absolute Gasteiger partial charge is 0.344 e. The second kappa shape index (κ2) is 8.87. The van der Waals surface area contributed by atoms with Crippen LogP contribution < -0.4 is 4.90 Å². The molecule has 0 aliphatic carbocycles. The molecule has 10 heteroatoms. The van der Waals surface area contributed by atoms with Crippen LogP contribution in [0, 0.1) is 0 Å². The Kier molecular flexibility index (Phi) is 6.21. The van der Waals surface area contributed by atoms with E-state index in [1.807, 2.05) is 0 Å². The van der Waals surface area contributed by atoms with Crippen molar-refractivity contribution >= 4 is 28.3 Å². The molecule has 0 atom stereocenters. The number of rotatable bonds is 5. The maximum atomic E-state index is 12.9.